The first-order valence-corrected chi connectivity index (χ1v) is 13.7. The number of fused-ring (bicyclic) bond motifs is 1. The van der Waals surface area contributed by atoms with Crippen molar-refractivity contribution in [1.82, 2.24) is 9.55 Å². The molecule has 0 bridgehead atoms. The minimum Gasteiger partial charge on any atom is -0.494 e. The van der Waals surface area contributed by atoms with Crippen LogP contribution in [0.5, 0.6) is 5.75 Å². The zero-order chi connectivity index (χ0) is 30.5. The summed E-state index contributed by atoms with van der Waals surface area (Å²) < 4.78 is 22.0. The number of ether oxygens (including phenoxy) is 1. The van der Waals surface area contributed by atoms with Gasteiger partial charge >= 0.3 is 0 Å². The van der Waals surface area contributed by atoms with Crippen LogP contribution in [0.3, 0.4) is 0 Å². The van der Waals surface area contributed by atoms with Crippen LogP contribution in [-0.2, 0) is 10.4 Å². The van der Waals surface area contributed by atoms with Gasteiger partial charge in [0.1, 0.15) is 23.1 Å². The second kappa shape index (κ2) is 10.9. The monoisotopic (exact) mass is 611 g/mol. The SMILES string of the molecule is COc1cc(N(C)C)ncc1-n1cc(C(=O)Nc2cc(Cl)ccc2F)c(C2(O)C(=O)Nc3cc(Cl)ccc32)c1C(C)C. The molecule has 5 rings (SSSR count). The normalized spacial score (nSPS) is 15.9. The van der Waals surface area contributed by atoms with Crippen molar-refractivity contribution in [2.24, 2.45) is 0 Å². The molecule has 0 radical (unpaired) electrons. The van der Waals surface area contributed by atoms with Crippen LogP contribution in [0.4, 0.5) is 21.6 Å². The van der Waals surface area contributed by atoms with E-state index in [1.165, 1.54) is 37.6 Å². The Morgan fingerprint density at radius 2 is 1.86 bits per heavy atom. The number of aliphatic hydroxyl groups is 1. The number of methoxy groups -OCH3 is 1. The second-order valence-corrected chi connectivity index (χ2v) is 11.2. The van der Waals surface area contributed by atoms with Gasteiger partial charge in [-0.15, -0.1) is 0 Å². The number of benzene rings is 2. The molecule has 1 aliphatic rings. The number of hydrogen-bond donors (Lipinski definition) is 3. The molecule has 9 nitrogen and oxygen atoms in total. The average molecular weight is 612 g/mol. The van der Waals surface area contributed by atoms with Gasteiger partial charge in [-0.2, -0.15) is 0 Å². The summed E-state index contributed by atoms with van der Waals surface area (Å²) in [5.74, 6) is -1.53. The number of nitrogens with zero attached hydrogens (tertiary/aromatic N) is 3. The molecular formula is C30H28Cl2FN5O4. The summed E-state index contributed by atoms with van der Waals surface area (Å²) in [5, 5.41) is 18.1. The number of carbonyl (C=O) groups is 2. The summed E-state index contributed by atoms with van der Waals surface area (Å²) in [4.78, 5) is 33.9. The second-order valence-electron chi connectivity index (χ2n) is 10.4. The smallest absolute Gasteiger partial charge is 0.265 e. The van der Waals surface area contributed by atoms with Gasteiger partial charge < -0.3 is 29.9 Å². The van der Waals surface area contributed by atoms with E-state index in [0.29, 0.717) is 33.7 Å². The third-order valence-electron chi connectivity index (χ3n) is 7.09. The van der Waals surface area contributed by atoms with E-state index in [0.717, 1.165) is 6.07 Å². The molecule has 3 N–H and O–H groups in total. The molecule has 42 heavy (non-hydrogen) atoms. The lowest BCUT2D eigenvalue weighted by Gasteiger charge is -2.26. The quantitative estimate of drug-likeness (QED) is 0.238. The fourth-order valence-electron chi connectivity index (χ4n) is 5.15. The molecule has 0 aliphatic carbocycles. The molecule has 0 saturated carbocycles. The van der Waals surface area contributed by atoms with Gasteiger partial charge in [-0.05, 0) is 36.2 Å². The molecule has 2 amide bonds. The van der Waals surface area contributed by atoms with Crippen molar-refractivity contribution in [2.45, 2.75) is 25.4 Å². The summed E-state index contributed by atoms with van der Waals surface area (Å²) in [6.07, 6.45) is 3.06. The highest BCUT2D eigenvalue weighted by Crippen LogP contribution is 2.47. The fraction of sp³-hybridized carbons (Fsp3) is 0.233. The molecule has 1 unspecified atom stereocenters. The van der Waals surface area contributed by atoms with Crippen LogP contribution in [-0.4, -0.2) is 47.7 Å². The first-order chi connectivity index (χ1) is 19.9. The van der Waals surface area contributed by atoms with Crippen molar-refractivity contribution in [3.63, 3.8) is 0 Å². The third-order valence-corrected chi connectivity index (χ3v) is 7.56. The largest absolute Gasteiger partial charge is 0.494 e. The minimum absolute atomic E-state index is 0.0229. The summed E-state index contributed by atoms with van der Waals surface area (Å²) in [7, 11) is 5.18. The summed E-state index contributed by atoms with van der Waals surface area (Å²) in [6, 6.07) is 10.1. The summed E-state index contributed by atoms with van der Waals surface area (Å²) in [5.41, 5.74) is -1.10. The highest BCUT2D eigenvalue weighted by atomic mass is 35.5. The van der Waals surface area contributed by atoms with Gasteiger partial charge in [0.05, 0.1) is 24.6 Å². The predicted molar refractivity (Wildman–Crippen MR) is 161 cm³/mol. The van der Waals surface area contributed by atoms with Crippen LogP contribution in [0, 0.1) is 5.82 Å². The van der Waals surface area contributed by atoms with Gasteiger partial charge in [-0.25, -0.2) is 9.37 Å². The number of anilines is 3. The molecule has 0 saturated heterocycles. The number of carbonyl (C=O) groups excluding carboxylic acids is 2. The van der Waals surface area contributed by atoms with Crippen LogP contribution in [0.2, 0.25) is 10.0 Å². The molecule has 4 aromatic rings. The first-order valence-electron chi connectivity index (χ1n) is 12.9. The third kappa shape index (κ3) is 4.85. The minimum atomic E-state index is -2.30. The first kappa shape index (κ1) is 29.4. The molecule has 0 fully saturated rings. The number of pyridine rings is 1. The molecular weight excluding hydrogens is 584 g/mol. The molecule has 2 aromatic carbocycles. The number of rotatable bonds is 7. The molecule has 218 valence electrons. The lowest BCUT2D eigenvalue weighted by atomic mass is 9.82. The Bertz CT molecular complexity index is 1740. The molecule has 0 spiro atoms. The van der Waals surface area contributed by atoms with Gasteiger partial charge in [0.15, 0.2) is 5.60 Å². The van der Waals surface area contributed by atoms with Gasteiger partial charge in [-0.3, -0.25) is 9.59 Å². The van der Waals surface area contributed by atoms with Crippen molar-refractivity contribution in [3.8, 4) is 11.4 Å². The highest BCUT2D eigenvalue weighted by molar-refractivity contribution is 6.31. The van der Waals surface area contributed by atoms with E-state index in [1.807, 2.05) is 32.8 Å². The van der Waals surface area contributed by atoms with Crippen LogP contribution in [0.25, 0.3) is 5.69 Å². The van der Waals surface area contributed by atoms with Gasteiger partial charge in [0.2, 0.25) is 0 Å². The van der Waals surface area contributed by atoms with Crippen molar-refractivity contribution in [3.05, 3.63) is 93.1 Å². The van der Waals surface area contributed by atoms with E-state index < -0.39 is 23.2 Å². The van der Waals surface area contributed by atoms with Crippen LogP contribution < -0.4 is 20.3 Å². The van der Waals surface area contributed by atoms with Crippen molar-refractivity contribution < 1.29 is 23.8 Å². The maximum atomic E-state index is 14.7. The van der Waals surface area contributed by atoms with E-state index in [9.17, 15) is 19.1 Å². The van der Waals surface area contributed by atoms with Crippen LogP contribution in [0.1, 0.15) is 46.9 Å². The molecule has 1 atom stereocenters. The maximum absolute atomic E-state index is 14.7. The fourth-order valence-corrected chi connectivity index (χ4v) is 5.49. The molecule has 1 aliphatic heterocycles. The zero-order valence-corrected chi connectivity index (χ0v) is 24.9. The number of hydrogen-bond acceptors (Lipinski definition) is 6. The topological polar surface area (TPSA) is 109 Å². The number of amides is 2. The predicted octanol–water partition coefficient (Wildman–Crippen LogP) is 5.96. The molecule has 2 aromatic heterocycles. The Kier molecular flexibility index (Phi) is 7.65. The average Bonchev–Trinajstić information content (AvgIpc) is 3.46. The Labute approximate surface area is 251 Å². The lowest BCUT2D eigenvalue weighted by Crippen LogP contribution is -2.38. The van der Waals surface area contributed by atoms with E-state index >= 15 is 0 Å². The highest BCUT2D eigenvalue weighted by Gasteiger charge is 2.51. The van der Waals surface area contributed by atoms with E-state index in [4.69, 9.17) is 27.9 Å². The number of nitrogens with one attached hydrogen (secondary N) is 2. The van der Waals surface area contributed by atoms with Gasteiger partial charge in [-0.1, -0.05) is 43.1 Å². The Balaban J connectivity index is 1.81. The Morgan fingerprint density at radius 1 is 1.17 bits per heavy atom. The molecule has 3 heterocycles. The summed E-state index contributed by atoms with van der Waals surface area (Å²) in [6.45, 7) is 3.72. The maximum Gasteiger partial charge on any atom is 0.265 e. The zero-order valence-electron chi connectivity index (χ0n) is 23.4. The van der Waals surface area contributed by atoms with E-state index in [1.54, 1.807) is 22.9 Å². The van der Waals surface area contributed by atoms with Crippen molar-refractivity contribution >= 4 is 52.2 Å². The van der Waals surface area contributed by atoms with E-state index in [-0.39, 0.29) is 33.3 Å². The van der Waals surface area contributed by atoms with Gasteiger partial charge in [0, 0.05) is 58.9 Å². The van der Waals surface area contributed by atoms with Crippen molar-refractivity contribution in [1.29, 1.82) is 0 Å². The summed E-state index contributed by atoms with van der Waals surface area (Å²) >= 11 is 12.2. The Hall–Kier alpha value is -4.12. The van der Waals surface area contributed by atoms with E-state index in [2.05, 4.69) is 15.6 Å². The number of halogens is 3. The number of aromatic nitrogens is 2. The van der Waals surface area contributed by atoms with Gasteiger partial charge in [0.25, 0.3) is 11.8 Å². The van der Waals surface area contributed by atoms with Crippen LogP contribution >= 0.6 is 23.2 Å². The van der Waals surface area contributed by atoms with Crippen LogP contribution in [0.15, 0.2) is 54.9 Å². The lowest BCUT2D eigenvalue weighted by molar-refractivity contribution is -0.129. The standard InChI is InChI=1S/C30H28Cl2FN5O4/c1-15(2)27-26(30(41)19-8-6-16(31)10-21(19)36-29(30)40)18(28(39)35-22-11-17(32)7-9-20(22)33)14-38(27)23-13-34-25(37(3)4)12-24(23)42-5/h6-15,41H,1-5H3,(H,35,39)(H,36,40). The molecule has 12 heteroatoms. The Morgan fingerprint density at radius 3 is 2.52 bits per heavy atom. The van der Waals surface area contributed by atoms with Crippen molar-refractivity contribution in [2.75, 3.05) is 36.7 Å².